The molecule has 1 aromatic carbocycles. The molecule has 24 heavy (non-hydrogen) atoms. The highest BCUT2D eigenvalue weighted by molar-refractivity contribution is 8.26. The van der Waals surface area contributed by atoms with Gasteiger partial charge in [0.1, 0.15) is 16.7 Å². The third-order valence-electron chi connectivity index (χ3n) is 3.83. The Bertz CT molecular complexity index is 663. The molecule has 2 aliphatic heterocycles. The molecule has 1 unspecified atom stereocenters. The van der Waals surface area contributed by atoms with E-state index in [9.17, 15) is 4.79 Å². The molecule has 2 heterocycles. The van der Waals surface area contributed by atoms with Gasteiger partial charge in [-0.15, -0.1) is 0 Å². The first-order chi connectivity index (χ1) is 11.7. The van der Waals surface area contributed by atoms with Crippen molar-refractivity contribution in [3.63, 3.8) is 0 Å². The van der Waals surface area contributed by atoms with E-state index in [-0.39, 0.29) is 12.0 Å². The van der Waals surface area contributed by atoms with Crippen molar-refractivity contribution in [2.24, 2.45) is 0 Å². The Morgan fingerprint density at radius 2 is 2.21 bits per heavy atom. The zero-order valence-corrected chi connectivity index (χ0v) is 14.9. The molecule has 4 nitrogen and oxygen atoms in total. The second kappa shape index (κ2) is 7.96. The lowest BCUT2D eigenvalue weighted by atomic mass is 10.2. The first kappa shape index (κ1) is 17.2. The van der Waals surface area contributed by atoms with Gasteiger partial charge in [-0.1, -0.05) is 48.8 Å². The molecule has 2 fully saturated rings. The van der Waals surface area contributed by atoms with E-state index < -0.39 is 0 Å². The second-order valence-electron chi connectivity index (χ2n) is 5.60. The Kier molecular flexibility index (Phi) is 5.71. The number of nitrogens with zero attached hydrogens (tertiary/aromatic N) is 1. The predicted molar refractivity (Wildman–Crippen MR) is 101 cm³/mol. The third kappa shape index (κ3) is 4.06. The minimum Gasteiger partial charge on any atom is -0.490 e. The van der Waals surface area contributed by atoms with Crippen LogP contribution in [0.1, 0.15) is 18.4 Å². The molecule has 0 N–H and O–H groups in total. The van der Waals surface area contributed by atoms with Crippen molar-refractivity contribution in [3.05, 3.63) is 47.4 Å². The predicted octanol–water partition coefficient (Wildman–Crippen LogP) is 3.63. The molecule has 0 spiro atoms. The van der Waals surface area contributed by atoms with E-state index in [1.54, 1.807) is 11.0 Å². The van der Waals surface area contributed by atoms with Crippen LogP contribution in [-0.2, 0) is 9.53 Å². The number of thiocarbonyl (C=S) groups is 1. The van der Waals surface area contributed by atoms with Gasteiger partial charge >= 0.3 is 0 Å². The molecule has 1 amide bonds. The van der Waals surface area contributed by atoms with E-state index in [2.05, 4.69) is 6.58 Å². The number of hydrogen-bond acceptors (Lipinski definition) is 5. The van der Waals surface area contributed by atoms with Gasteiger partial charge in [0.25, 0.3) is 5.91 Å². The maximum absolute atomic E-state index is 12.6. The normalized spacial score (nSPS) is 22.4. The number of benzene rings is 1. The van der Waals surface area contributed by atoms with Gasteiger partial charge < -0.3 is 9.47 Å². The van der Waals surface area contributed by atoms with Crippen molar-refractivity contribution in [2.45, 2.75) is 18.9 Å². The summed E-state index contributed by atoms with van der Waals surface area (Å²) in [5.74, 6) is 0.741. The van der Waals surface area contributed by atoms with E-state index in [4.69, 9.17) is 21.7 Å². The summed E-state index contributed by atoms with van der Waals surface area (Å²) < 4.78 is 11.7. The average molecular weight is 361 g/mol. The summed E-state index contributed by atoms with van der Waals surface area (Å²) in [6.45, 7) is 5.42. The number of carbonyl (C=O) groups excluding carboxylic acids is 1. The number of thioether (sulfide) groups is 1. The zero-order valence-electron chi connectivity index (χ0n) is 13.3. The first-order valence-corrected chi connectivity index (χ1v) is 9.10. The molecule has 2 aliphatic rings. The first-order valence-electron chi connectivity index (χ1n) is 7.88. The summed E-state index contributed by atoms with van der Waals surface area (Å²) in [4.78, 5) is 14.9. The molecule has 2 saturated heterocycles. The Morgan fingerprint density at radius 1 is 1.42 bits per heavy atom. The lowest BCUT2D eigenvalue weighted by Gasteiger charge is -2.18. The van der Waals surface area contributed by atoms with Crippen LogP contribution in [0.15, 0.2) is 41.8 Å². The molecule has 6 heteroatoms. The quantitative estimate of drug-likeness (QED) is 0.439. The van der Waals surface area contributed by atoms with Crippen molar-refractivity contribution in [3.8, 4) is 5.75 Å². The van der Waals surface area contributed by atoms with E-state index in [0.29, 0.717) is 22.4 Å². The van der Waals surface area contributed by atoms with Gasteiger partial charge in [0.15, 0.2) is 0 Å². The van der Waals surface area contributed by atoms with Gasteiger partial charge in [0.2, 0.25) is 0 Å². The molecule has 0 bridgehead atoms. The Labute approximate surface area is 151 Å². The summed E-state index contributed by atoms with van der Waals surface area (Å²) in [5, 5.41) is 0. The topological polar surface area (TPSA) is 38.8 Å². The Morgan fingerprint density at radius 3 is 2.88 bits per heavy atom. The smallest absolute Gasteiger partial charge is 0.266 e. The van der Waals surface area contributed by atoms with Crippen LogP contribution in [0.2, 0.25) is 0 Å². The van der Waals surface area contributed by atoms with Gasteiger partial charge in [-0.3, -0.25) is 9.69 Å². The van der Waals surface area contributed by atoms with Gasteiger partial charge in [-0.25, -0.2) is 0 Å². The van der Waals surface area contributed by atoms with Gasteiger partial charge in [-0.2, -0.15) is 0 Å². The van der Waals surface area contributed by atoms with Crippen molar-refractivity contribution < 1.29 is 14.3 Å². The number of carbonyl (C=O) groups is 1. The maximum Gasteiger partial charge on any atom is 0.266 e. The molecule has 1 atom stereocenters. The highest BCUT2D eigenvalue weighted by Crippen LogP contribution is 2.33. The minimum absolute atomic E-state index is 0.0347. The number of amides is 1. The molecular weight excluding hydrogens is 342 g/mol. The van der Waals surface area contributed by atoms with Gasteiger partial charge in [-0.05, 0) is 36.6 Å². The summed E-state index contributed by atoms with van der Waals surface area (Å²) in [6.07, 6.45) is 5.71. The van der Waals surface area contributed by atoms with E-state index in [0.717, 1.165) is 30.8 Å². The molecule has 1 aromatic rings. The van der Waals surface area contributed by atoms with Crippen LogP contribution in [0.5, 0.6) is 5.75 Å². The largest absolute Gasteiger partial charge is 0.490 e. The van der Waals surface area contributed by atoms with E-state index in [1.165, 1.54) is 11.8 Å². The summed E-state index contributed by atoms with van der Waals surface area (Å²) in [6, 6.07) is 7.60. The van der Waals surface area contributed by atoms with E-state index >= 15 is 0 Å². The van der Waals surface area contributed by atoms with Gasteiger partial charge in [0, 0.05) is 6.61 Å². The minimum atomic E-state index is -0.0347. The van der Waals surface area contributed by atoms with Crippen LogP contribution in [0.4, 0.5) is 0 Å². The number of ether oxygens (including phenoxy) is 2. The van der Waals surface area contributed by atoms with Crippen molar-refractivity contribution >= 4 is 40.3 Å². The fourth-order valence-electron chi connectivity index (χ4n) is 2.62. The highest BCUT2D eigenvalue weighted by Gasteiger charge is 2.34. The van der Waals surface area contributed by atoms with Crippen molar-refractivity contribution in [2.75, 3.05) is 19.8 Å². The van der Waals surface area contributed by atoms with Crippen molar-refractivity contribution in [1.82, 2.24) is 4.90 Å². The van der Waals surface area contributed by atoms with Crippen LogP contribution < -0.4 is 4.74 Å². The second-order valence-corrected chi connectivity index (χ2v) is 7.27. The van der Waals surface area contributed by atoms with Crippen LogP contribution >= 0.6 is 24.0 Å². The highest BCUT2D eigenvalue weighted by atomic mass is 32.2. The molecular formula is C18H19NO3S2. The molecule has 126 valence electrons. The monoisotopic (exact) mass is 361 g/mol. The summed E-state index contributed by atoms with van der Waals surface area (Å²) >= 11 is 6.70. The van der Waals surface area contributed by atoms with E-state index in [1.807, 2.05) is 30.3 Å². The van der Waals surface area contributed by atoms with Crippen LogP contribution in [0.3, 0.4) is 0 Å². The molecule has 0 aromatic heterocycles. The van der Waals surface area contributed by atoms with Crippen LogP contribution in [0, 0.1) is 0 Å². The number of rotatable bonds is 6. The Hall–Kier alpha value is -1.63. The number of hydrogen-bond donors (Lipinski definition) is 0. The molecule has 0 aliphatic carbocycles. The van der Waals surface area contributed by atoms with Crippen LogP contribution in [0.25, 0.3) is 6.08 Å². The van der Waals surface area contributed by atoms with Crippen molar-refractivity contribution in [1.29, 1.82) is 0 Å². The summed E-state index contributed by atoms with van der Waals surface area (Å²) in [5.41, 5.74) is 0.943. The van der Waals surface area contributed by atoms with Crippen LogP contribution in [-0.4, -0.2) is 41.0 Å². The third-order valence-corrected chi connectivity index (χ3v) is 5.21. The zero-order chi connectivity index (χ0) is 16.9. The summed E-state index contributed by atoms with van der Waals surface area (Å²) in [7, 11) is 0. The fourth-order valence-corrected chi connectivity index (χ4v) is 3.89. The maximum atomic E-state index is 12.6. The fraction of sp³-hybridized carbons (Fsp3) is 0.333. The average Bonchev–Trinajstić information content (AvgIpc) is 3.19. The lowest BCUT2D eigenvalue weighted by molar-refractivity contribution is -0.123. The molecule has 0 saturated carbocycles. The Balaban J connectivity index is 1.67. The molecule has 3 rings (SSSR count). The standard InChI is InChI=1S/C18H19NO3S2/c1-2-9-21-14-7-5-13(6-8-14)11-16-17(20)19(18(23)24-16)12-15-4-3-10-22-15/h2,5-8,11,15H,1,3-4,9-10,12H2. The van der Waals surface area contributed by atoms with Gasteiger partial charge in [0.05, 0.1) is 17.6 Å². The lowest BCUT2D eigenvalue weighted by Crippen LogP contribution is -2.35. The molecule has 0 radical (unpaired) electrons. The SMILES string of the molecule is C=CCOc1ccc(C=C2SC(=S)N(CC3CCCO3)C2=O)cc1.